The van der Waals surface area contributed by atoms with E-state index in [1.807, 2.05) is 0 Å². The molecule has 118 valence electrons. The Morgan fingerprint density at radius 1 is 1.33 bits per heavy atom. The fourth-order valence-electron chi connectivity index (χ4n) is 2.68. The lowest BCUT2D eigenvalue weighted by Crippen LogP contribution is -2.35. The van der Waals surface area contributed by atoms with Gasteiger partial charge in [-0.1, -0.05) is 24.9 Å². The van der Waals surface area contributed by atoms with Crippen molar-refractivity contribution < 1.29 is 4.74 Å². The second kappa shape index (κ2) is 8.51. The van der Waals surface area contributed by atoms with Crippen LogP contribution >= 0.6 is 11.6 Å². The van der Waals surface area contributed by atoms with Crippen molar-refractivity contribution in [2.24, 2.45) is 5.92 Å². The summed E-state index contributed by atoms with van der Waals surface area (Å²) in [5, 5.41) is 3.80. The first kappa shape index (κ1) is 16.5. The highest BCUT2D eigenvalue weighted by Crippen LogP contribution is 2.14. The molecule has 1 aromatic rings. The number of hydrogen-bond acceptors (Lipinski definition) is 5. The van der Waals surface area contributed by atoms with Crippen LogP contribution in [0.1, 0.15) is 32.0 Å². The van der Waals surface area contributed by atoms with Gasteiger partial charge >= 0.3 is 0 Å². The maximum Gasteiger partial charge on any atom is 0.158 e. The molecule has 1 unspecified atom stereocenters. The molecule has 0 radical (unpaired) electrons. The van der Waals surface area contributed by atoms with E-state index in [4.69, 9.17) is 16.3 Å². The van der Waals surface area contributed by atoms with E-state index in [1.54, 1.807) is 13.2 Å². The second-order valence-corrected chi connectivity index (χ2v) is 6.16. The van der Waals surface area contributed by atoms with Gasteiger partial charge in [-0.2, -0.15) is 0 Å². The Hall–Kier alpha value is -0.910. The lowest BCUT2D eigenvalue weighted by molar-refractivity contribution is 0.178. The van der Waals surface area contributed by atoms with Crippen molar-refractivity contribution in [3.63, 3.8) is 0 Å². The fourth-order valence-corrected chi connectivity index (χ4v) is 2.88. The van der Waals surface area contributed by atoms with Crippen LogP contribution in [0.2, 0.25) is 5.15 Å². The van der Waals surface area contributed by atoms with Gasteiger partial charge in [-0.15, -0.1) is 0 Å². The van der Waals surface area contributed by atoms with E-state index in [2.05, 4.69) is 27.1 Å². The quantitative estimate of drug-likeness (QED) is 0.785. The monoisotopic (exact) mass is 312 g/mol. The van der Waals surface area contributed by atoms with Crippen molar-refractivity contribution in [3.05, 3.63) is 17.0 Å². The first-order chi connectivity index (χ1) is 10.2. The van der Waals surface area contributed by atoms with Gasteiger partial charge in [-0.05, 0) is 31.8 Å². The minimum Gasteiger partial charge on any atom is -0.377 e. The third-order valence-electron chi connectivity index (χ3n) is 3.66. The number of likely N-dealkylation sites (tertiary alicyclic amines) is 1. The van der Waals surface area contributed by atoms with Crippen molar-refractivity contribution in [1.82, 2.24) is 14.9 Å². The predicted molar refractivity (Wildman–Crippen MR) is 85.7 cm³/mol. The number of piperidine rings is 1. The van der Waals surface area contributed by atoms with Gasteiger partial charge in [0.05, 0.1) is 0 Å². The Bertz CT molecular complexity index is 438. The van der Waals surface area contributed by atoms with Crippen molar-refractivity contribution in [2.45, 2.75) is 32.8 Å². The highest BCUT2D eigenvalue weighted by Gasteiger charge is 2.13. The molecule has 1 N–H and O–H groups in total. The van der Waals surface area contributed by atoms with E-state index in [0.717, 1.165) is 18.9 Å². The summed E-state index contributed by atoms with van der Waals surface area (Å²) in [6.45, 7) is 7.13. The summed E-state index contributed by atoms with van der Waals surface area (Å²) < 4.78 is 5.05. The van der Waals surface area contributed by atoms with E-state index < -0.39 is 0 Å². The van der Waals surface area contributed by atoms with Crippen LogP contribution in [0.3, 0.4) is 0 Å². The highest BCUT2D eigenvalue weighted by atomic mass is 35.5. The van der Waals surface area contributed by atoms with Crippen molar-refractivity contribution in [3.8, 4) is 0 Å². The van der Waals surface area contributed by atoms with Gasteiger partial charge in [0.1, 0.15) is 17.6 Å². The number of ether oxygens (including phenoxy) is 1. The number of halogens is 1. The molecule has 0 amide bonds. The highest BCUT2D eigenvalue weighted by molar-refractivity contribution is 6.29. The second-order valence-electron chi connectivity index (χ2n) is 5.77. The van der Waals surface area contributed by atoms with Crippen molar-refractivity contribution in [2.75, 3.05) is 38.6 Å². The zero-order valence-corrected chi connectivity index (χ0v) is 13.7. The van der Waals surface area contributed by atoms with Gasteiger partial charge in [0.2, 0.25) is 0 Å². The molecular weight excluding hydrogens is 288 g/mol. The van der Waals surface area contributed by atoms with Crippen LogP contribution in [0.25, 0.3) is 0 Å². The summed E-state index contributed by atoms with van der Waals surface area (Å²) in [6, 6.07) is 1.76. The van der Waals surface area contributed by atoms with Crippen LogP contribution in [0.5, 0.6) is 0 Å². The largest absolute Gasteiger partial charge is 0.377 e. The van der Waals surface area contributed by atoms with Gasteiger partial charge < -0.3 is 15.0 Å². The Labute approximate surface area is 132 Å². The average Bonchev–Trinajstić information content (AvgIpc) is 2.46. The molecule has 0 bridgehead atoms. The lowest BCUT2D eigenvalue weighted by Gasteiger charge is -2.29. The Morgan fingerprint density at radius 2 is 2.10 bits per heavy atom. The molecule has 2 rings (SSSR count). The number of aromatic nitrogens is 2. The molecule has 21 heavy (non-hydrogen) atoms. The lowest BCUT2D eigenvalue weighted by atomic mass is 10.1. The molecule has 0 saturated carbocycles. The molecule has 1 saturated heterocycles. The zero-order valence-electron chi connectivity index (χ0n) is 12.9. The number of rotatable bonds is 7. The van der Waals surface area contributed by atoms with Gasteiger partial charge in [0.15, 0.2) is 5.82 Å². The van der Waals surface area contributed by atoms with Crippen LogP contribution < -0.4 is 5.32 Å². The number of nitrogens with one attached hydrogen (secondary N) is 1. The summed E-state index contributed by atoms with van der Waals surface area (Å²) in [5.41, 5.74) is 0. The van der Waals surface area contributed by atoms with E-state index in [9.17, 15) is 0 Å². The van der Waals surface area contributed by atoms with E-state index in [1.165, 1.54) is 32.4 Å². The summed E-state index contributed by atoms with van der Waals surface area (Å²) in [6.07, 6.45) is 4.05. The molecule has 6 heteroatoms. The van der Waals surface area contributed by atoms with E-state index in [-0.39, 0.29) is 0 Å². The molecule has 0 spiro atoms. The Balaban J connectivity index is 1.81. The molecule has 5 nitrogen and oxygen atoms in total. The first-order valence-corrected chi connectivity index (χ1v) is 8.04. The minimum atomic E-state index is 0.374. The molecular formula is C15H25ClN4O. The topological polar surface area (TPSA) is 50.3 Å². The number of nitrogens with zero attached hydrogens (tertiary/aromatic N) is 3. The SMILES string of the molecule is COCc1nc(Cl)cc(NCC(C)CN2CCCCC2)n1. The summed E-state index contributed by atoms with van der Waals surface area (Å²) in [4.78, 5) is 11.1. The number of hydrogen-bond donors (Lipinski definition) is 1. The van der Waals surface area contributed by atoms with Crippen molar-refractivity contribution >= 4 is 17.4 Å². The molecule has 0 aliphatic carbocycles. The van der Waals surface area contributed by atoms with Crippen LogP contribution in [-0.4, -0.2) is 48.2 Å². The maximum atomic E-state index is 6.00. The van der Waals surface area contributed by atoms with Gasteiger partial charge in [-0.25, -0.2) is 9.97 Å². The summed E-state index contributed by atoms with van der Waals surface area (Å²) in [5.74, 6) is 1.95. The third-order valence-corrected chi connectivity index (χ3v) is 3.86. The fraction of sp³-hybridized carbons (Fsp3) is 0.733. The van der Waals surface area contributed by atoms with Gasteiger partial charge in [0, 0.05) is 26.3 Å². The molecule has 1 aromatic heterocycles. The predicted octanol–water partition coefficient (Wildman–Crippen LogP) is 2.81. The summed E-state index contributed by atoms with van der Waals surface area (Å²) in [7, 11) is 1.62. The molecule has 2 heterocycles. The molecule has 1 aliphatic rings. The Kier molecular flexibility index (Phi) is 6.67. The third kappa shape index (κ3) is 5.77. The van der Waals surface area contributed by atoms with Crippen molar-refractivity contribution in [1.29, 1.82) is 0 Å². The number of methoxy groups -OCH3 is 1. The molecule has 1 fully saturated rings. The molecule has 0 aromatic carbocycles. The average molecular weight is 313 g/mol. The summed E-state index contributed by atoms with van der Waals surface area (Å²) >= 11 is 6.00. The van der Waals surface area contributed by atoms with Crippen LogP contribution in [0, 0.1) is 5.92 Å². The maximum absolute atomic E-state index is 6.00. The molecule has 1 aliphatic heterocycles. The number of anilines is 1. The van der Waals surface area contributed by atoms with Gasteiger partial charge in [-0.3, -0.25) is 0 Å². The van der Waals surface area contributed by atoms with Gasteiger partial charge in [0.25, 0.3) is 0 Å². The minimum absolute atomic E-state index is 0.374. The van der Waals surface area contributed by atoms with E-state index in [0.29, 0.717) is 23.5 Å². The van der Waals surface area contributed by atoms with Crippen LogP contribution in [-0.2, 0) is 11.3 Å². The van der Waals surface area contributed by atoms with Crippen LogP contribution in [0.15, 0.2) is 6.07 Å². The normalized spacial score (nSPS) is 17.7. The molecule has 1 atom stereocenters. The first-order valence-electron chi connectivity index (χ1n) is 7.66. The van der Waals surface area contributed by atoms with E-state index >= 15 is 0 Å². The zero-order chi connectivity index (χ0) is 15.1. The Morgan fingerprint density at radius 3 is 2.81 bits per heavy atom. The van der Waals surface area contributed by atoms with Crippen LogP contribution in [0.4, 0.5) is 5.82 Å². The smallest absolute Gasteiger partial charge is 0.158 e. The standard InChI is InChI=1S/C15H25ClN4O/c1-12(10-20-6-4-3-5-7-20)9-17-14-8-13(16)18-15(19-14)11-21-2/h8,12H,3-7,9-11H2,1-2H3,(H,17,18,19).